The zero-order valence-electron chi connectivity index (χ0n) is 9.85. The van der Waals surface area contributed by atoms with E-state index in [4.69, 9.17) is 18.0 Å². The molecule has 1 aliphatic rings. The maximum Gasteiger partial charge on any atom is 0.223 e. The van der Waals surface area contributed by atoms with E-state index < -0.39 is 15.3 Å². The molecule has 0 radical (unpaired) electrons. The third kappa shape index (κ3) is 2.93. The van der Waals surface area contributed by atoms with Gasteiger partial charge in [-0.3, -0.25) is 0 Å². The molecule has 0 aromatic carbocycles. The summed E-state index contributed by atoms with van der Waals surface area (Å²) in [6.45, 7) is 4.36. The Morgan fingerprint density at radius 3 is 2.38 bits per heavy atom. The van der Waals surface area contributed by atoms with Crippen LogP contribution in [-0.4, -0.2) is 35.5 Å². The molecule has 1 atom stereocenters. The first-order chi connectivity index (χ1) is 7.45. The Kier molecular flexibility index (Phi) is 4.70. The largest absolute Gasteiger partial charge is 0.392 e. The molecule has 1 fully saturated rings. The fourth-order valence-electron chi connectivity index (χ4n) is 1.82. The van der Waals surface area contributed by atoms with E-state index in [1.165, 1.54) is 0 Å². The van der Waals surface area contributed by atoms with Crippen LogP contribution in [0, 0.1) is 0 Å². The van der Waals surface area contributed by atoms with Gasteiger partial charge in [-0.05, 0) is 25.7 Å². The molecule has 1 unspecified atom stereocenters. The van der Waals surface area contributed by atoms with Crippen LogP contribution in [0.15, 0.2) is 0 Å². The SMILES string of the molecule is CCCN(C1CC1)S(=O)(=O)C(CC)C(N)=S. The van der Waals surface area contributed by atoms with E-state index in [2.05, 4.69) is 0 Å². The number of thiocarbonyl (C=S) groups is 1. The Bertz CT molecular complexity index is 350. The first-order valence-corrected chi connectivity index (χ1v) is 7.66. The Balaban J connectivity index is 2.91. The van der Waals surface area contributed by atoms with Crippen LogP contribution in [0.2, 0.25) is 0 Å². The van der Waals surface area contributed by atoms with E-state index in [0.717, 1.165) is 19.3 Å². The number of hydrogen-bond acceptors (Lipinski definition) is 3. The smallest absolute Gasteiger partial charge is 0.223 e. The predicted octanol–water partition coefficient (Wildman–Crippen LogP) is 1.26. The van der Waals surface area contributed by atoms with E-state index in [-0.39, 0.29) is 11.0 Å². The number of sulfonamides is 1. The van der Waals surface area contributed by atoms with E-state index in [0.29, 0.717) is 13.0 Å². The van der Waals surface area contributed by atoms with Gasteiger partial charge < -0.3 is 5.73 Å². The maximum atomic E-state index is 12.3. The Labute approximate surface area is 103 Å². The van der Waals surface area contributed by atoms with E-state index in [9.17, 15) is 8.42 Å². The van der Waals surface area contributed by atoms with Gasteiger partial charge in [0.05, 0.1) is 4.99 Å². The van der Waals surface area contributed by atoms with Gasteiger partial charge in [0, 0.05) is 12.6 Å². The molecule has 0 amide bonds. The van der Waals surface area contributed by atoms with Crippen molar-refractivity contribution >= 4 is 27.2 Å². The number of rotatable bonds is 7. The van der Waals surface area contributed by atoms with Crippen molar-refractivity contribution in [1.29, 1.82) is 0 Å². The number of nitrogens with zero attached hydrogens (tertiary/aromatic N) is 1. The molecule has 0 bridgehead atoms. The molecular weight excluding hydrogens is 244 g/mol. The zero-order chi connectivity index (χ0) is 12.3. The highest BCUT2D eigenvalue weighted by Gasteiger charge is 2.41. The molecule has 1 aliphatic carbocycles. The first kappa shape index (κ1) is 13.9. The first-order valence-electron chi connectivity index (χ1n) is 5.75. The van der Waals surface area contributed by atoms with Gasteiger partial charge in [-0.1, -0.05) is 26.1 Å². The summed E-state index contributed by atoms with van der Waals surface area (Å²) in [5, 5.41) is -0.699. The molecule has 0 spiro atoms. The van der Waals surface area contributed by atoms with Crippen LogP contribution >= 0.6 is 12.2 Å². The Morgan fingerprint density at radius 1 is 1.50 bits per heavy atom. The van der Waals surface area contributed by atoms with Crippen molar-refractivity contribution < 1.29 is 8.42 Å². The fourth-order valence-corrected chi connectivity index (χ4v) is 4.46. The van der Waals surface area contributed by atoms with Crippen LogP contribution in [0.3, 0.4) is 0 Å². The molecule has 0 heterocycles. The van der Waals surface area contributed by atoms with Gasteiger partial charge in [-0.25, -0.2) is 8.42 Å². The molecule has 0 aromatic heterocycles. The van der Waals surface area contributed by atoms with Crippen LogP contribution in [0.25, 0.3) is 0 Å². The van der Waals surface area contributed by atoms with Crippen LogP contribution in [0.1, 0.15) is 39.5 Å². The lowest BCUT2D eigenvalue weighted by molar-refractivity contribution is 0.400. The Hall–Kier alpha value is -0.200. The predicted molar refractivity (Wildman–Crippen MR) is 69.8 cm³/mol. The highest BCUT2D eigenvalue weighted by molar-refractivity contribution is 7.92. The second kappa shape index (κ2) is 5.42. The van der Waals surface area contributed by atoms with Crippen molar-refractivity contribution in [3.63, 3.8) is 0 Å². The number of nitrogens with two attached hydrogens (primary N) is 1. The quantitative estimate of drug-likeness (QED) is 0.703. The van der Waals surface area contributed by atoms with Crippen molar-refractivity contribution in [2.75, 3.05) is 6.54 Å². The second-order valence-electron chi connectivity index (χ2n) is 4.19. The van der Waals surface area contributed by atoms with Crippen molar-refractivity contribution in [3.05, 3.63) is 0 Å². The van der Waals surface area contributed by atoms with Crippen molar-refractivity contribution in [2.45, 2.75) is 50.8 Å². The molecule has 16 heavy (non-hydrogen) atoms. The fraction of sp³-hybridized carbons (Fsp3) is 0.900. The molecule has 0 aromatic rings. The minimum Gasteiger partial charge on any atom is -0.392 e. The van der Waals surface area contributed by atoms with Crippen LogP contribution in [0.4, 0.5) is 0 Å². The summed E-state index contributed by atoms with van der Waals surface area (Å²) < 4.78 is 26.3. The number of hydrogen-bond donors (Lipinski definition) is 1. The molecule has 94 valence electrons. The average molecular weight is 264 g/mol. The van der Waals surface area contributed by atoms with Crippen LogP contribution in [-0.2, 0) is 10.0 Å². The highest BCUT2D eigenvalue weighted by atomic mass is 32.2. The zero-order valence-corrected chi connectivity index (χ0v) is 11.5. The molecular formula is C10H20N2O2S2. The molecule has 1 rings (SSSR count). The molecule has 4 nitrogen and oxygen atoms in total. The van der Waals surface area contributed by atoms with Crippen molar-refractivity contribution in [1.82, 2.24) is 4.31 Å². The van der Waals surface area contributed by atoms with Gasteiger partial charge in [0.2, 0.25) is 10.0 Å². The van der Waals surface area contributed by atoms with Gasteiger partial charge in [0.1, 0.15) is 5.25 Å². The van der Waals surface area contributed by atoms with Gasteiger partial charge in [0.25, 0.3) is 0 Å². The van der Waals surface area contributed by atoms with E-state index >= 15 is 0 Å². The van der Waals surface area contributed by atoms with Gasteiger partial charge >= 0.3 is 0 Å². The summed E-state index contributed by atoms with van der Waals surface area (Å²) >= 11 is 4.85. The third-order valence-electron chi connectivity index (χ3n) is 2.77. The summed E-state index contributed by atoms with van der Waals surface area (Å²) in [6, 6.07) is 0.188. The van der Waals surface area contributed by atoms with Crippen molar-refractivity contribution in [3.8, 4) is 0 Å². The van der Waals surface area contributed by atoms with E-state index in [1.54, 1.807) is 11.2 Å². The summed E-state index contributed by atoms with van der Waals surface area (Å²) in [5.41, 5.74) is 5.51. The third-order valence-corrected chi connectivity index (χ3v) is 5.65. The maximum absolute atomic E-state index is 12.3. The minimum atomic E-state index is -3.34. The molecule has 6 heteroatoms. The lowest BCUT2D eigenvalue weighted by Crippen LogP contribution is -2.45. The van der Waals surface area contributed by atoms with Gasteiger partial charge in [0.15, 0.2) is 0 Å². The lowest BCUT2D eigenvalue weighted by atomic mass is 10.3. The highest BCUT2D eigenvalue weighted by Crippen LogP contribution is 2.31. The summed E-state index contributed by atoms with van der Waals surface area (Å²) in [4.78, 5) is 0.0873. The molecule has 1 saturated carbocycles. The monoisotopic (exact) mass is 264 g/mol. The molecule has 0 aliphatic heterocycles. The van der Waals surface area contributed by atoms with Crippen LogP contribution in [0.5, 0.6) is 0 Å². The van der Waals surface area contributed by atoms with Crippen LogP contribution < -0.4 is 5.73 Å². The lowest BCUT2D eigenvalue weighted by Gasteiger charge is -2.26. The van der Waals surface area contributed by atoms with Gasteiger partial charge in [-0.2, -0.15) is 4.31 Å². The van der Waals surface area contributed by atoms with E-state index in [1.807, 2.05) is 6.92 Å². The second-order valence-corrected chi connectivity index (χ2v) is 6.73. The molecule has 2 N–H and O–H groups in total. The average Bonchev–Trinajstić information content (AvgIpc) is 2.97. The van der Waals surface area contributed by atoms with Crippen molar-refractivity contribution in [2.24, 2.45) is 5.73 Å². The van der Waals surface area contributed by atoms with Gasteiger partial charge in [-0.15, -0.1) is 0 Å². The topological polar surface area (TPSA) is 63.4 Å². The normalized spacial score (nSPS) is 18.7. The summed E-state index contributed by atoms with van der Waals surface area (Å²) in [7, 11) is -3.34. The Morgan fingerprint density at radius 2 is 2.06 bits per heavy atom. The minimum absolute atomic E-state index is 0.0873. The standard InChI is InChI=1S/C10H20N2O2S2/c1-3-7-12(8-5-6-8)16(13,14)9(4-2)10(11)15/h8-9H,3-7H2,1-2H3,(H2,11,15). The molecule has 0 saturated heterocycles. The summed E-state index contributed by atoms with van der Waals surface area (Å²) in [5.74, 6) is 0. The summed E-state index contributed by atoms with van der Waals surface area (Å²) in [6.07, 6.45) is 3.20.